The third-order valence-corrected chi connectivity index (χ3v) is 6.07. The zero-order valence-corrected chi connectivity index (χ0v) is 20.4. The van der Waals surface area contributed by atoms with Gasteiger partial charge in [-0.25, -0.2) is 9.18 Å². The van der Waals surface area contributed by atoms with Crippen molar-refractivity contribution in [3.63, 3.8) is 0 Å². The summed E-state index contributed by atoms with van der Waals surface area (Å²) in [6.45, 7) is 5.86. The molecule has 0 radical (unpaired) electrons. The van der Waals surface area contributed by atoms with Crippen molar-refractivity contribution in [2.24, 2.45) is 11.7 Å². The SMILES string of the molecule is CC(C)(C)OC(=O)NC1(C(=O)C[C@@H](Cc2ccc(-c3ccc(F)cc3)cc2)C(N)=O)CCOCC1. The predicted octanol–water partition coefficient (Wildman–Crippen LogP) is 4.17. The summed E-state index contributed by atoms with van der Waals surface area (Å²) in [7, 11) is 0. The second kappa shape index (κ2) is 11.0. The standard InChI is InChI=1S/C27H33FN2O5/c1-26(2,3)35-25(33)30-27(12-14-34-15-13-27)23(31)17-21(24(29)32)16-18-4-6-19(7-5-18)20-8-10-22(28)11-9-20/h4-11,21H,12-17H2,1-3H3,(H2,29,32)(H,30,33)/t21-/m1/s1. The number of Topliss-reactive ketones (excluding diaryl/α,β-unsaturated/α-hetero) is 1. The normalized spacial score (nSPS) is 16.2. The minimum atomic E-state index is -1.17. The maximum atomic E-state index is 13.4. The number of nitrogens with one attached hydrogen (secondary N) is 1. The van der Waals surface area contributed by atoms with Crippen LogP contribution in [0.4, 0.5) is 9.18 Å². The summed E-state index contributed by atoms with van der Waals surface area (Å²) < 4.78 is 24.0. The van der Waals surface area contributed by atoms with Crippen molar-refractivity contribution in [1.29, 1.82) is 0 Å². The van der Waals surface area contributed by atoms with Crippen molar-refractivity contribution in [3.8, 4) is 11.1 Å². The molecule has 3 rings (SSSR count). The van der Waals surface area contributed by atoms with Crippen molar-refractivity contribution in [2.75, 3.05) is 13.2 Å². The van der Waals surface area contributed by atoms with Crippen LogP contribution in [0.2, 0.25) is 0 Å². The van der Waals surface area contributed by atoms with Crippen LogP contribution in [0.25, 0.3) is 11.1 Å². The summed E-state index contributed by atoms with van der Waals surface area (Å²) in [5.74, 6) is -1.89. The quantitative estimate of drug-likeness (QED) is 0.585. The van der Waals surface area contributed by atoms with Crippen LogP contribution in [-0.4, -0.2) is 42.1 Å². The molecule has 1 aliphatic heterocycles. The van der Waals surface area contributed by atoms with Gasteiger partial charge >= 0.3 is 6.09 Å². The lowest BCUT2D eigenvalue weighted by Crippen LogP contribution is -2.58. The molecule has 0 aliphatic carbocycles. The molecule has 1 aliphatic rings. The minimum Gasteiger partial charge on any atom is -0.444 e. The number of halogens is 1. The van der Waals surface area contributed by atoms with Crippen molar-refractivity contribution in [1.82, 2.24) is 5.32 Å². The molecule has 1 saturated heterocycles. The fraction of sp³-hybridized carbons (Fsp3) is 0.444. The third kappa shape index (κ3) is 7.36. The van der Waals surface area contributed by atoms with E-state index in [9.17, 15) is 18.8 Å². The highest BCUT2D eigenvalue weighted by Crippen LogP contribution is 2.28. The van der Waals surface area contributed by atoms with Crippen LogP contribution < -0.4 is 11.1 Å². The number of ketones is 1. The van der Waals surface area contributed by atoms with Gasteiger partial charge in [0.05, 0.1) is 0 Å². The van der Waals surface area contributed by atoms with E-state index in [-0.39, 0.29) is 24.4 Å². The Bertz CT molecular complexity index is 1040. The van der Waals surface area contributed by atoms with E-state index < -0.39 is 29.1 Å². The van der Waals surface area contributed by atoms with Gasteiger partial charge in [-0.2, -0.15) is 0 Å². The number of nitrogens with two attached hydrogens (primary N) is 1. The first-order chi connectivity index (χ1) is 16.5. The molecular formula is C27H33FN2O5. The van der Waals surface area contributed by atoms with Gasteiger partial charge in [0.1, 0.15) is 17.0 Å². The van der Waals surface area contributed by atoms with Gasteiger partial charge in [0.15, 0.2) is 5.78 Å². The van der Waals surface area contributed by atoms with Crippen molar-refractivity contribution in [2.45, 2.75) is 57.6 Å². The number of hydrogen-bond donors (Lipinski definition) is 2. The molecule has 7 nitrogen and oxygen atoms in total. The third-order valence-electron chi connectivity index (χ3n) is 6.07. The fourth-order valence-electron chi connectivity index (χ4n) is 4.15. The van der Waals surface area contributed by atoms with Gasteiger partial charge in [-0.3, -0.25) is 9.59 Å². The summed E-state index contributed by atoms with van der Waals surface area (Å²) >= 11 is 0. The molecule has 0 spiro atoms. The van der Waals surface area contributed by atoms with E-state index in [1.54, 1.807) is 32.9 Å². The van der Waals surface area contributed by atoms with Gasteiger partial charge in [0.2, 0.25) is 5.91 Å². The molecule has 0 aromatic heterocycles. The van der Waals surface area contributed by atoms with Crippen molar-refractivity contribution < 1.29 is 28.2 Å². The van der Waals surface area contributed by atoms with E-state index >= 15 is 0 Å². The highest BCUT2D eigenvalue weighted by atomic mass is 19.1. The first kappa shape index (κ1) is 26.3. The Morgan fingerprint density at radius 3 is 2.09 bits per heavy atom. The van der Waals surface area contributed by atoms with Crippen molar-refractivity contribution in [3.05, 3.63) is 59.9 Å². The van der Waals surface area contributed by atoms with Crippen LogP contribution in [-0.2, 0) is 25.5 Å². The highest BCUT2D eigenvalue weighted by molar-refractivity contribution is 5.94. The van der Waals surface area contributed by atoms with Gasteiger partial charge in [0, 0.05) is 38.4 Å². The smallest absolute Gasteiger partial charge is 0.408 e. The Morgan fingerprint density at radius 2 is 1.57 bits per heavy atom. The van der Waals surface area contributed by atoms with E-state index in [0.29, 0.717) is 26.1 Å². The lowest BCUT2D eigenvalue weighted by atomic mass is 9.80. The Morgan fingerprint density at radius 1 is 1.03 bits per heavy atom. The number of hydrogen-bond acceptors (Lipinski definition) is 5. The van der Waals surface area contributed by atoms with E-state index in [4.69, 9.17) is 15.2 Å². The fourth-order valence-corrected chi connectivity index (χ4v) is 4.15. The molecule has 1 heterocycles. The summed E-state index contributed by atoms with van der Waals surface area (Å²) in [4.78, 5) is 38.2. The second-order valence-electron chi connectivity index (χ2n) is 9.96. The molecule has 35 heavy (non-hydrogen) atoms. The monoisotopic (exact) mass is 484 g/mol. The van der Waals surface area contributed by atoms with Gasteiger partial charge in [-0.1, -0.05) is 36.4 Å². The van der Waals surface area contributed by atoms with E-state index in [1.165, 1.54) is 12.1 Å². The van der Waals surface area contributed by atoms with Crippen LogP contribution in [0.15, 0.2) is 48.5 Å². The van der Waals surface area contributed by atoms with Crippen LogP contribution in [0.1, 0.15) is 45.6 Å². The average molecular weight is 485 g/mol. The maximum absolute atomic E-state index is 13.4. The molecule has 0 bridgehead atoms. The number of carbonyl (C=O) groups excluding carboxylic acids is 3. The first-order valence-corrected chi connectivity index (χ1v) is 11.7. The van der Waals surface area contributed by atoms with Crippen LogP contribution in [0, 0.1) is 11.7 Å². The van der Waals surface area contributed by atoms with Gasteiger partial charge in [0.25, 0.3) is 0 Å². The number of ether oxygens (including phenoxy) is 2. The molecule has 8 heteroatoms. The molecule has 2 aromatic rings. The molecule has 2 amide bonds. The number of alkyl carbamates (subject to hydrolysis) is 1. The van der Waals surface area contributed by atoms with Crippen LogP contribution in [0.5, 0.6) is 0 Å². The lowest BCUT2D eigenvalue weighted by molar-refractivity contribution is -0.133. The number of amides is 2. The number of primary amides is 1. The van der Waals surface area contributed by atoms with E-state index in [2.05, 4.69) is 5.32 Å². The summed E-state index contributed by atoms with van der Waals surface area (Å²) in [5.41, 5.74) is 6.40. The zero-order valence-electron chi connectivity index (χ0n) is 20.4. The maximum Gasteiger partial charge on any atom is 0.408 e. The molecule has 3 N–H and O–H groups in total. The van der Waals surface area contributed by atoms with E-state index in [1.807, 2.05) is 24.3 Å². The molecule has 2 aromatic carbocycles. The predicted molar refractivity (Wildman–Crippen MR) is 130 cm³/mol. The minimum absolute atomic E-state index is 0.106. The molecule has 1 fully saturated rings. The van der Waals surface area contributed by atoms with Crippen LogP contribution >= 0.6 is 0 Å². The van der Waals surface area contributed by atoms with Crippen LogP contribution in [0.3, 0.4) is 0 Å². The summed E-state index contributed by atoms with van der Waals surface area (Å²) in [6.07, 6.45) is 0.0836. The summed E-state index contributed by atoms with van der Waals surface area (Å²) in [5, 5.41) is 2.76. The van der Waals surface area contributed by atoms with Gasteiger partial charge in [-0.05, 0) is 56.0 Å². The number of carbonyl (C=O) groups is 3. The molecular weight excluding hydrogens is 451 g/mol. The number of benzene rings is 2. The Balaban J connectivity index is 1.72. The Kier molecular flexibility index (Phi) is 8.27. The molecule has 0 unspecified atom stereocenters. The van der Waals surface area contributed by atoms with E-state index in [0.717, 1.165) is 16.7 Å². The largest absolute Gasteiger partial charge is 0.444 e. The first-order valence-electron chi connectivity index (χ1n) is 11.7. The Labute approximate surface area is 205 Å². The van der Waals surface area contributed by atoms with Crippen molar-refractivity contribution >= 4 is 17.8 Å². The van der Waals surface area contributed by atoms with Gasteiger partial charge < -0.3 is 20.5 Å². The van der Waals surface area contributed by atoms with Gasteiger partial charge in [-0.15, -0.1) is 0 Å². The zero-order chi connectivity index (χ0) is 25.6. The highest BCUT2D eigenvalue weighted by Gasteiger charge is 2.43. The lowest BCUT2D eigenvalue weighted by Gasteiger charge is -2.37. The molecule has 1 atom stereocenters. The summed E-state index contributed by atoms with van der Waals surface area (Å²) in [6, 6.07) is 13.7. The second-order valence-corrected chi connectivity index (χ2v) is 9.96. The molecule has 188 valence electrons. The molecule has 0 saturated carbocycles. The number of rotatable bonds is 8. The Hall–Kier alpha value is -3.26. The topological polar surface area (TPSA) is 108 Å². The average Bonchev–Trinajstić information content (AvgIpc) is 2.79.